The summed E-state index contributed by atoms with van der Waals surface area (Å²) in [7, 11) is 0. The number of hydrogen-bond donors (Lipinski definition) is 2. The van der Waals surface area contributed by atoms with Gasteiger partial charge in [-0.15, -0.1) is 0 Å². The molecule has 0 aliphatic carbocycles. The summed E-state index contributed by atoms with van der Waals surface area (Å²) in [6.45, 7) is 0. The lowest BCUT2D eigenvalue weighted by Crippen LogP contribution is -2.45. The molecule has 0 spiro atoms. The third kappa shape index (κ3) is 2.52. The molecule has 1 aromatic rings. The maximum atomic E-state index is 13.1. The normalized spacial score (nSPS) is 14.9. The minimum Gasteiger partial charge on any atom is -0.478 e. The molecule has 1 atom stereocenters. The van der Waals surface area contributed by atoms with E-state index in [0.29, 0.717) is 5.56 Å². The Kier molecular flexibility index (Phi) is 2.63. The number of halogens is 1. The summed E-state index contributed by atoms with van der Waals surface area (Å²) in [4.78, 5) is 10.3. The topological polar surface area (TPSA) is 63.3 Å². The summed E-state index contributed by atoms with van der Waals surface area (Å²) in [5.74, 6) is -4.32. The number of aliphatic carboxylic acids is 1. The standard InChI is InChI=1S/C9H10FNO2/c10-9(11,8(12)13)6-7-4-2-1-3-5-7/h1-5H,6,11H2,(H,12,13)/t9-/m0/s1. The molecule has 13 heavy (non-hydrogen) atoms. The fourth-order valence-electron chi connectivity index (χ4n) is 0.969. The van der Waals surface area contributed by atoms with Crippen LogP contribution in [0.2, 0.25) is 0 Å². The van der Waals surface area contributed by atoms with Crippen molar-refractivity contribution in [1.29, 1.82) is 0 Å². The smallest absolute Gasteiger partial charge is 0.356 e. The molecule has 0 amide bonds. The van der Waals surface area contributed by atoms with Crippen molar-refractivity contribution < 1.29 is 14.3 Å². The monoisotopic (exact) mass is 183 g/mol. The number of carboxylic acid groups (broad SMARTS) is 1. The molecule has 0 saturated heterocycles. The Morgan fingerprint density at radius 3 is 2.46 bits per heavy atom. The van der Waals surface area contributed by atoms with Gasteiger partial charge in [-0.05, 0) is 5.56 Å². The first kappa shape index (κ1) is 9.67. The van der Waals surface area contributed by atoms with Crippen LogP contribution in [-0.2, 0) is 11.2 Å². The number of alkyl halides is 1. The fourth-order valence-corrected chi connectivity index (χ4v) is 0.969. The summed E-state index contributed by atoms with van der Waals surface area (Å²) in [5, 5.41) is 8.40. The van der Waals surface area contributed by atoms with Gasteiger partial charge in [-0.25, -0.2) is 9.18 Å². The fraction of sp³-hybridized carbons (Fsp3) is 0.222. The summed E-state index contributed by atoms with van der Waals surface area (Å²) in [6, 6.07) is 8.43. The van der Waals surface area contributed by atoms with Gasteiger partial charge in [0.2, 0.25) is 0 Å². The molecule has 0 aromatic heterocycles. The molecule has 1 aromatic carbocycles. The van der Waals surface area contributed by atoms with Gasteiger partial charge in [0, 0.05) is 6.42 Å². The lowest BCUT2D eigenvalue weighted by atomic mass is 10.1. The second kappa shape index (κ2) is 3.53. The summed E-state index contributed by atoms with van der Waals surface area (Å²) >= 11 is 0. The highest BCUT2D eigenvalue weighted by Crippen LogP contribution is 2.12. The third-order valence-corrected chi connectivity index (χ3v) is 1.66. The van der Waals surface area contributed by atoms with Crippen molar-refractivity contribution in [2.24, 2.45) is 5.73 Å². The van der Waals surface area contributed by atoms with Gasteiger partial charge in [-0.2, -0.15) is 0 Å². The van der Waals surface area contributed by atoms with E-state index in [0.717, 1.165) is 0 Å². The van der Waals surface area contributed by atoms with E-state index in [4.69, 9.17) is 10.8 Å². The molecule has 3 N–H and O–H groups in total. The molecule has 0 radical (unpaired) electrons. The first-order chi connectivity index (χ1) is 6.02. The van der Waals surface area contributed by atoms with Crippen LogP contribution in [0.5, 0.6) is 0 Å². The van der Waals surface area contributed by atoms with Crippen molar-refractivity contribution in [3.05, 3.63) is 35.9 Å². The van der Waals surface area contributed by atoms with E-state index in [2.05, 4.69) is 0 Å². The van der Waals surface area contributed by atoms with Crippen LogP contribution in [0, 0.1) is 0 Å². The predicted octanol–water partition coefficient (Wildman–Crippen LogP) is 0.938. The van der Waals surface area contributed by atoms with Gasteiger partial charge in [0.25, 0.3) is 5.79 Å². The van der Waals surface area contributed by atoms with Gasteiger partial charge >= 0.3 is 5.97 Å². The average molecular weight is 183 g/mol. The number of rotatable bonds is 3. The van der Waals surface area contributed by atoms with Gasteiger partial charge in [-0.1, -0.05) is 30.3 Å². The van der Waals surface area contributed by atoms with E-state index in [9.17, 15) is 9.18 Å². The second-order valence-electron chi connectivity index (χ2n) is 2.83. The average Bonchev–Trinajstić information content (AvgIpc) is 2.05. The molecule has 0 heterocycles. The van der Waals surface area contributed by atoms with Crippen molar-refractivity contribution in [1.82, 2.24) is 0 Å². The Morgan fingerprint density at radius 1 is 1.46 bits per heavy atom. The predicted molar refractivity (Wildman–Crippen MR) is 45.8 cm³/mol. The van der Waals surface area contributed by atoms with Gasteiger partial charge in [0.05, 0.1) is 0 Å². The van der Waals surface area contributed by atoms with E-state index >= 15 is 0 Å². The Morgan fingerprint density at radius 2 is 2.00 bits per heavy atom. The number of nitrogens with two attached hydrogens (primary N) is 1. The number of benzene rings is 1. The zero-order valence-electron chi connectivity index (χ0n) is 6.90. The van der Waals surface area contributed by atoms with Crippen LogP contribution in [-0.4, -0.2) is 16.9 Å². The molecule has 0 aliphatic rings. The highest BCUT2D eigenvalue weighted by atomic mass is 19.1. The van der Waals surface area contributed by atoms with Crippen LogP contribution in [0.3, 0.4) is 0 Å². The van der Waals surface area contributed by atoms with Crippen LogP contribution in [0.1, 0.15) is 5.56 Å². The molecule has 4 heteroatoms. The molecule has 70 valence electrons. The van der Waals surface area contributed by atoms with Gasteiger partial charge in [-0.3, -0.25) is 5.73 Å². The van der Waals surface area contributed by atoms with Crippen LogP contribution >= 0.6 is 0 Å². The molecular formula is C9H10FNO2. The van der Waals surface area contributed by atoms with Gasteiger partial charge in [0.15, 0.2) is 0 Å². The van der Waals surface area contributed by atoms with Crippen molar-refractivity contribution in [3.63, 3.8) is 0 Å². The maximum Gasteiger partial charge on any atom is 0.356 e. The molecule has 1 rings (SSSR count). The minimum atomic E-state index is -2.68. The third-order valence-electron chi connectivity index (χ3n) is 1.66. The van der Waals surface area contributed by atoms with E-state index < -0.39 is 11.8 Å². The largest absolute Gasteiger partial charge is 0.478 e. The zero-order chi connectivity index (χ0) is 9.90. The van der Waals surface area contributed by atoms with E-state index in [1.807, 2.05) is 0 Å². The van der Waals surface area contributed by atoms with Gasteiger partial charge < -0.3 is 5.11 Å². The van der Waals surface area contributed by atoms with E-state index in [1.165, 1.54) is 0 Å². The van der Waals surface area contributed by atoms with Crippen LogP contribution in [0.15, 0.2) is 30.3 Å². The lowest BCUT2D eigenvalue weighted by molar-refractivity contribution is -0.150. The molecule has 0 unspecified atom stereocenters. The summed E-state index contributed by atoms with van der Waals surface area (Å²) in [6.07, 6.45) is -0.316. The van der Waals surface area contributed by atoms with Gasteiger partial charge in [0.1, 0.15) is 0 Å². The van der Waals surface area contributed by atoms with Crippen LogP contribution in [0.4, 0.5) is 4.39 Å². The van der Waals surface area contributed by atoms with Crippen molar-refractivity contribution in [2.75, 3.05) is 0 Å². The quantitative estimate of drug-likeness (QED) is 0.685. The van der Waals surface area contributed by atoms with Crippen molar-refractivity contribution in [2.45, 2.75) is 12.2 Å². The summed E-state index contributed by atoms with van der Waals surface area (Å²) < 4.78 is 13.1. The molecule has 0 bridgehead atoms. The summed E-state index contributed by atoms with van der Waals surface area (Å²) in [5.41, 5.74) is 5.49. The molecule has 0 aliphatic heterocycles. The molecular weight excluding hydrogens is 173 g/mol. The Hall–Kier alpha value is -1.42. The number of carbonyl (C=O) groups is 1. The SMILES string of the molecule is N[C@@](F)(Cc1ccccc1)C(=O)O. The number of hydrogen-bond acceptors (Lipinski definition) is 2. The molecule has 0 fully saturated rings. The highest BCUT2D eigenvalue weighted by molar-refractivity contribution is 5.76. The minimum absolute atomic E-state index is 0.316. The first-order valence-electron chi connectivity index (χ1n) is 3.77. The first-order valence-corrected chi connectivity index (χ1v) is 3.77. The Balaban J connectivity index is 2.75. The van der Waals surface area contributed by atoms with E-state index in [-0.39, 0.29) is 6.42 Å². The van der Waals surface area contributed by atoms with Crippen molar-refractivity contribution >= 4 is 5.97 Å². The van der Waals surface area contributed by atoms with Crippen molar-refractivity contribution in [3.8, 4) is 0 Å². The number of carboxylic acids is 1. The maximum absolute atomic E-state index is 13.1. The molecule has 0 saturated carbocycles. The van der Waals surface area contributed by atoms with E-state index in [1.54, 1.807) is 30.3 Å². The zero-order valence-corrected chi connectivity index (χ0v) is 6.90. The van der Waals surface area contributed by atoms with Crippen LogP contribution < -0.4 is 5.73 Å². The highest BCUT2D eigenvalue weighted by Gasteiger charge is 2.33. The Labute approximate surface area is 75.0 Å². The lowest BCUT2D eigenvalue weighted by Gasteiger charge is -2.14. The molecule has 3 nitrogen and oxygen atoms in total. The Bertz CT molecular complexity index is 298. The van der Waals surface area contributed by atoms with Crippen LogP contribution in [0.25, 0.3) is 0 Å². The second-order valence-corrected chi connectivity index (χ2v) is 2.83.